The Kier molecular flexibility index (Phi) is 4.07. The zero-order chi connectivity index (χ0) is 10.6. The lowest BCUT2D eigenvalue weighted by Gasteiger charge is -2.11. The Balaban J connectivity index is 2.26. The second kappa shape index (κ2) is 5.10. The van der Waals surface area contributed by atoms with E-state index in [-0.39, 0.29) is 5.92 Å². The molecule has 0 aromatic carbocycles. The summed E-state index contributed by atoms with van der Waals surface area (Å²) in [6, 6.07) is -0.576. The number of carbonyl (C=O) groups excluding carboxylic acids is 2. The van der Waals surface area contributed by atoms with E-state index in [1.165, 1.54) is 7.11 Å². The third kappa shape index (κ3) is 2.80. The fourth-order valence-electron chi connectivity index (χ4n) is 1.84. The molecule has 2 unspecified atom stereocenters. The highest BCUT2D eigenvalue weighted by atomic mass is 16.5. The molecule has 0 aliphatic heterocycles. The van der Waals surface area contributed by atoms with Crippen LogP contribution in [0.5, 0.6) is 0 Å². The molecule has 0 radical (unpaired) electrons. The molecule has 4 nitrogen and oxygen atoms in total. The van der Waals surface area contributed by atoms with Gasteiger partial charge in [-0.2, -0.15) is 0 Å². The minimum absolute atomic E-state index is 0.130. The van der Waals surface area contributed by atoms with Crippen LogP contribution in [0.25, 0.3) is 0 Å². The van der Waals surface area contributed by atoms with Gasteiger partial charge in [0.2, 0.25) is 0 Å². The number of Topliss-reactive ketones (excluding diaryl/α,β-unsaturated/α-hetero) is 1. The van der Waals surface area contributed by atoms with Crippen molar-refractivity contribution < 1.29 is 14.3 Å². The van der Waals surface area contributed by atoms with Crippen molar-refractivity contribution in [3.05, 3.63) is 0 Å². The summed E-state index contributed by atoms with van der Waals surface area (Å²) >= 11 is 0. The van der Waals surface area contributed by atoms with Crippen LogP contribution in [-0.4, -0.2) is 24.9 Å². The summed E-state index contributed by atoms with van der Waals surface area (Å²) in [5.41, 5.74) is 5.57. The molecule has 0 amide bonds. The number of rotatable bonds is 4. The molecule has 1 aliphatic rings. The van der Waals surface area contributed by atoms with Crippen molar-refractivity contribution in [1.29, 1.82) is 0 Å². The zero-order valence-corrected chi connectivity index (χ0v) is 8.49. The molecule has 1 fully saturated rings. The summed E-state index contributed by atoms with van der Waals surface area (Å²) in [7, 11) is 1.32. The highest BCUT2D eigenvalue weighted by Gasteiger charge is 2.25. The highest BCUT2D eigenvalue weighted by molar-refractivity contribution is 5.83. The molecular formula is C10H17NO3. The van der Waals surface area contributed by atoms with Crippen molar-refractivity contribution in [2.24, 2.45) is 11.7 Å². The van der Waals surface area contributed by atoms with Gasteiger partial charge in [0.25, 0.3) is 0 Å². The van der Waals surface area contributed by atoms with Crippen molar-refractivity contribution in [3.8, 4) is 0 Å². The Morgan fingerprint density at radius 1 is 1.71 bits per heavy atom. The van der Waals surface area contributed by atoms with Gasteiger partial charge in [-0.25, -0.2) is 0 Å². The van der Waals surface area contributed by atoms with Crippen molar-refractivity contribution in [2.75, 3.05) is 7.11 Å². The van der Waals surface area contributed by atoms with E-state index in [1.54, 1.807) is 0 Å². The highest BCUT2D eigenvalue weighted by Crippen LogP contribution is 2.25. The maximum atomic E-state index is 11.3. The fraction of sp³-hybridized carbons (Fsp3) is 0.800. The SMILES string of the molecule is COC(=O)C(N)CCC1CCCC1=O. The Morgan fingerprint density at radius 2 is 2.43 bits per heavy atom. The summed E-state index contributed by atoms with van der Waals surface area (Å²) in [6.07, 6.45) is 3.89. The van der Waals surface area contributed by atoms with Crippen LogP contribution in [0.4, 0.5) is 0 Å². The maximum Gasteiger partial charge on any atom is 0.322 e. The van der Waals surface area contributed by atoms with E-state index >= 15 is 0 Å². The van der Waals surface area contributed by atoms with Crippen LogP contribution in [0.1, 0.15) is 32.1 Å². The topological polar surface area (TPSA) is 69.4 Å². The summed E-state index contributed by atoms with van der Waals surface area (Å²) in [6.45, 7) is 0. The van der Waals surface area contributed by atoms with Gasteiger partial charge >= 0.3 is 5.97 Å². The second-order valence-corrected chi connectivity index (χ2v) is 3.76. The van der Waals surface area contributed by atoms with Crippen molar-refractivity contribution in [1.82, 2.24) is 0 Å². The molecule has 1 aliphatic carbocycles. The van der Waals surface area contributed by atoms with E-state index in [9.17, 15) is 9.59 Å². The molecule has 0 spiro atoms. The molecule has 1 saturated carbocycles. The number of ketones is 1. The van der Waals surface area contributed by atoms with Crippen LogP contribution in [0.3, 0.4) is 0 Å². The molecule has 1 rings (SSSR count). The van der Waals surface area contributed by atoms with Gasteiger partial charge in [0.15, 0.2) is 0 Å². The second-order valence-electron chi connectivity index (χ2n) is 3.76. The number of methoxy groups -OCH3 is 1. The van der Waals surface area contributed by atoms with E-state index in [2.05, 4.69) is 4.74 Å². The third-order valence-corrected chi connectivity index (χ3v) is 2.76. The first-order valence-corrected chi connectivity index (χ1v) is 5.01. The summed E-state index contributed by atoms with van der Waals surface area (Å²) in [4.78, 5) is 22.2. The first kappa shape index (κ1) is 11.2. The van der Waals surface area contributed by atoms with E-state index in [0.717, 1.165) is 19.3 Å². The van der Waals surface area contributed by atoms with Crippen LogP contribution in [0, 0.1) is 5.92 Å². The van der Waals surface area contributed by atoms with E-state index < -0.39 is 12.0 Å². The molecule has 0 heterocycles. The molecule has 0 aromatic heterocycles. The number of nitrogens with two attached hydrogens (primary N) is 1. The predicted molar refractivity (Wildman–Crippen MR) is 51.6 cm³/mol. The normalized spacial score (nSPS) is 23.6. The van der Waals surface area contributed by atoms with E-state index in [1.807, 2.05) is 0 Å². The molecule has 4 heteroatoms. The van der Waals surface area contributed by atoms with Gasteiger partial charge in [0, 0.05) is 12.3 Å². The van der Waals surface area contributed by atoms with E-state index in [4.69, 9.17) is 5.73 Å². The Labute approximate surface area is 83.8 Å². The van der Waals surface area contributed by atoms with Crippen LogP contribution < -0.4 is 5.73 Å². The third-order valence-electron chi connectivity index (χ3n) is 2.76. The number of esters is 1. The minimum Gasteiger partial charge on any atom is -0.468 e. The molecule has 0 saturated heterocycles. The molecule has 80 valence electrons. The van der Waals surface area contributed by atoms with Crippen LogP contribution in [0.2, 0.25) is 0 Å². The number of carbonyl (C=O) groups is 2. The van der Waals surface area contributed by atoms with Gasteiger partial charge in [-0.3, -0.25) is 9.59 Å². The van der Waals surface area contributed by atoms with Gasteiger partial charge < -0.3 is 10.5 Å². The average Bonchev–Trinajstić information content (AvgIpc) is 2.59. The summed E-state index contributed by atoms with van der Waals surface area (Å²) < 4.78 is 4.51. The minimum atomic E-state index is -0.576. The Bertz CT molecular complexity index is 227. The monoisotopic (exact) mass is 199 g/mol. The largest absolute Gasteiger partial charge is 0.468 e. The smallest absolute Gasteiger partial charge is 0.322 e. The van der Waals surface area contributed by atoms with Gasteiger partial charge in [-0.15, -0.1) is 0 Å². The maximum absolute atomic E-state index is 11.3. The lowest BCUT2D eigenvalue weighted by atomic mass is 9.98. The first-order valence-electron chi connectivity index (χ1n) is 5.01. The molecule has 14 heavy (non-hydrogen) atoms. The predicted octanol–water partition coefficient (Wildman–Crippen LogP) is 0.636. The quantitative estimate of drug-likeness (QED) is 0.674. The Hall–Kier alpha value is -0.900. The van der Waals surface area contributed by atoms with Gasteiger partial charge in [-0.05, 0) is 25.7 Å². The van der Waals surface area contributed by atoms with Crippen molar-refractivity contribution in [2.45, 2.75) is 38.1 Å². The van der Waals surface area contributed by atoms with Crippen molar-refractivity contribution >= 4 is 11.8 Å². The standard InChI is InChI=1S/C10H17NO3/c1-14-10(13)8(11)6-5-7-3-2-4-9(7)12/h7-8H,2-6,11H2,1H3. The van der Waals surface area contributed by atoms with Gasteiger partial charge in [0.05, 0.1) is 7.11 Å². The first-order chi connectivity index (χ1) is 6.65. The lowest BCUT2D eigenvalue weighted by molar-refractivity contribution is -0.142. The molecular weight excluding hydrogens is 182 g/mol. The van der Waals surface area contributed by atoms with Gasteiger partial charge in [0.1, 0.15) is 11.8 Å². The molecule has 2 atom stereocenters. The zero-order valence-electron chi connectivity index (χ0n) is 8.49. The van der Waals surface area contributed by atoms with Crippen LogP contribution >= 0.6 is 0 Å². The number of ether oxygens (including phenoxy) is 1. The lowest BCUT2D eigenvalue weighted by Crippen LogP contribution is -2.32. The molecule has 2 N–H and O–H groups in total. The fourth-order valence-corrected chi connectivity index (χ4v) is 1.84. The average molecular weight is 199 g/mol. The summed E-state index contributed by atoms with van der Waals surface area (Å²) in [5, 5.41) is 0. The molecule has 0 aromatic rings. The molecule has 0 bridgehead atoms. The number of hydrogen-bond donors (Lipinski definition) is 1. The van der Waals surface area contributed by atoms with E-state index in [0.29, 0.717) is 18.6 Å². The Morgan fingerprint density at radius 3 is 2.93 bits per heavy atom. The van der Waals surface area contributed by atoms with Crippen molar-refractivity contribution in [3.63, 3.8) is 0 Å². The van der Waals surface area contributed by atoms with Crippen LogP contribution in [0.15, 0.2) is 0 Å². The van der Waals surface area contributed by atoms with Gasteiger partial charge in [-0.1, -0.05) is 0 Å². The number of hydrogen-bond acceptors (Lipinski definition) is 4. The summed E-state index contributed by atoms with van der Waals surface area (Å²) in [5.74, 6) is 0.0585. The van der Waals surface area contributed by atoms with Crippen LogP contribution in [-0.2, 0) is 14.3 Å².